The maximum atomic E-state index is 4.73. The van der Waals surface area contributed by atoms with E-state index in [1.807, 2.05) is 18.3 Å². The smallest absolute Gasteiger partial charge is 0.191 e. The molecule has 7 heteroatoms. The van der Waals surface area contributed by atoms with E-state index in [2.05, 4.69) is 68.7 Å². The van der Waals surface area contributed by atoms with Crippen molar-refractivity contribution in [2.45, 2.75) is 26.2 Å². The first kappa shape index (κ1) is 25.4. The van der Waals surface area contributed by atoms with Gasteiger partial charge >= 0.3 is 0 Å². The summed E-state index contributed by atoms with van der Waals surface area (Å²) in [4.78, 5) is 14.2. The highest BCUT2D eigenvalue weighted by molar-refractivity contribution is 14.0. The number of halogens is 1. The summed E-state index contributed by atoms with van der Waals surface area (Å²) in [6.45, 7) is 10.4. The number of anilines is 1. The number of benzene rings is 1. The van der Waals surface area contributed by atoms with Crippen LogP contribution in [-0.4, -0.2) is 68.2 Å². The van der Waals surface area contributed by atoms with Gasteiger partial charge in [-0.2, -0.15) is 0 Å². The molecule has 1 aromatic heterocycles. The number of unbranched alkanes of at least 4 members (excludes halogenated alkanes) is 1. The predicted octanol–water partition coefficient (Wildman–Crippen LogP) is 3.40. The van der Waals surface area contributed by atoms with Gasteiger partial charge in [0.1, 0.15) is 0 Å². The lowest BCUT2D eigenvalue weighted by molar-refractivity contribution is 0.253. The van der Waals surface area contributed by atoms with E-state index in [1.54, 1.807) is 0 Å². The van der Waals surface area contributed by atoms with Crippen molar-refractivity contribution in [1.82, 2.24) is 20.5 Å². The topological polar surface area (TPSA) is 55.8 Å². The highest BCUT2D eigenvalue weighted by atomic mass is 127. The first-order valence-corrected chi connectivity index (χ1v) is 11.3. The number of guanidine groups is 1. The SMILES string of the molecule is CCNC(=NCCCCN1CCN(c2ccccc2)CC1)NCCc1ccccn1.I. The Bertz CT molecular complexity index is 732. The maximum Gasteiger partial charge on any atom is 0.191 e. The first-order valence-electron chi connectivity index (χ1n) is 11.3. The Morgan fingerprint density at radius 3 is 2.45 bits per heavy atom. The van der Waals surface area contributed by atoms with Crippen LogP contribution in [0.5, 0.6) is 0 Å². The molecule has 0 radical (unpaired) electrons. The average molecular weight is 537 g/mol. The van der Waals surface area contributed by atoms with Crippen LogP contribution in [0.4, 0.5) is 5.69 Å². The van der Waals surface area contributed by atoms with Gasteiger partial charge in [0.2, 0.25) is 0 Å². The summed E-state index contributed by atoms with van der Waals surface area (Å²) in [5.41, 5.74) is 2.45. The fraction of sp³-hybridized carbons (Fsp3) is 0.500. The van der Waals surface area contributed by atoms with Crippen molar-refractivity contribution in [3.8, 4) is 0 Å². The number of nitrogens with zero attached hydrogens (tertiary/aromatic N) is 4. The molecule has 0 unspecified atom stereocenters. The molecule has 0 bridgehead atoms. The van der Waals surface area contributed by atoms with Gasteiger partial charge in [0.05, 0.1) is 0 Å². The van der Waals surface area contributed by atoms with Crippen molar-refractivity contribution in [3.63, 3.8) is 0 Å². The third-order valence-corrected chi connectivity index (χ3v) is 5.39. The molecule has 31 heavy (non-hydrogen) atoms. The molecule has 1 aliphatic rings. The molecule has 0 saturated carbocycles. The van der Waals surface area contributed by atoms with Crippen LogP contribution in [0.1, 0.15) is 25.5 Å². The minimum Gasteiger partial charge on any atom is -0.369 e. The van der Waals surface area contributed by atoms with Gasteiger partial charge in [-0.25, -0.2) is 0 Å². The Morgan fingerprint density at radius 1 is 0.968 bits per heavy atom. The van der Waals surface area contributed by atoms with Gasteiger partial charge < -0.3 is 15.5 Å². The first-order chi connectivity index (χ1) is 14.8. The van der Waals surface area contributed by atoms with Gasteiger partial charge in [-0.1, -0.05) is 24.3 Å². The number of pyridine rings is 1. The Labute approximate surface area is 204 Å². The standard InChI is InChI=1S/C24H36N6.HI/c1-2-25-24(28-16-13-22-10-6-7-14-26-22)27-15-8-9-17-29-18-20-30(21-19-29)23-11-4-3-5-12-23;/h3-7,10-12,14H,2,8-9,13,15-21H2,1H3,(H2,25,27,28);1H. The molecule has 1 fully saturated rings. The third-order valence-electron chi connectivity index (χ3n) is 5.39. The normalized spacial score (nSPS) is 14.7. The van der Waals surface area contributed by atoms with Gasteiger partial charge in [0.25, 0.3) is 0 Å². The van der Waals surface area contributed by atoms with Crippen molar-refractivity contribution in [3.05, 3.63) is 60.4 Å². The van der Waals surface area contributed by atoms with Gasteiger partial charge in [0, 0.05) is 69.8 Å². The van der Waals surface area contributed by atoms with E-state index < -0.39 is 0 Å². The van der Waals surface area contributed by atoms with Crippen molar-refractivity contribution < 1.29 is 0 Å². The molecule has 0 atom stereocenters. The molecule has 2 aromatic rings. The predicted molar refractivity (Wildman–Crippen MR) is 142 cm³/mol. The molecule has 0 amide bonds. The number of nitrogens with one attached hydrogen (secondary N) is 2. The van der Waals surface area contributed by atoms with E-state index in [0.29, 0.717) is 0 Å². The van der Waals surface area contributed by atoms with E-state index in [9.17, 15) is 0 Å². The lowest BCUT2D eigenvalue weighted by Crippen LogP contribution is -2.46. The maximum absolute atomic E-state index is 4.73. The molecule has 1 saturated heterocycles. The summed E-state index contributed by atoms with van der Waals surface area (Å²) in [6, 6.07) is 16.8. The Morgan fingerprint density at radius 2 is 1.74 bits per heavy atom. The van der Waals surface area contributed by atoms with Crippen molar-refractivity contribution in [2.75, 3.05) is 57.3 Å². The molecule has 170 valence electrons. The van der Waals surface area contributed by atoms with Crippen LogP contribution in [0.3, 0.4) is 0 Å². The zero-order chi connectivity index (χ0) is 20.9. The monoisotopic (exact) mass is 536 g/mol. The van der Waals surface area contributed by atoms with E-state index >= 15 is 0 Å². The van der Waals surface area contributed by atoms with Crippen LogP contribution in [0.2, 0.25) is 0 Å². The number of aromatic nitrogens is 1. The molecule has 3 rings (SSSR count). The van der Waals surface area contributed by atoms with Crippen LogP contribution in [0.25, 0.3) is 0 Å². The zero-order valence-electron chi connectivity index (χ0n) is 18.7. The largest absolute Gasteiger partial charge is 0.369 e. The van der Waals surface area contributed by atoms with Crippen molar-refractivity contribution in [1.29, 1.82) is 0 Å². The number of piperazine rings is 1. The highest BCUT2D eigenvalue weighted by Gasteiger charge is 2.16. The summed E-state index contributed by atoms with van der Waals surface area (Å²) in [5, 5.41) is 6.74. The molecule has 6 nitrogen and oxygen atoms in total. The van der Waals surface area contributed by atoms with Crippen LogP contribution < -0.4 is 15.5 Å². The molecule has 2 N–H and O–H groups in total. The highest BCUT2D eigenvalue weighted by Crippen LogP contribution is 2.15. The minimum absolute atomic E-state index is 0. The van der Waals surface area contributed by atoms with Crippen LogP contribution >= 0.6 is 24.0 Å². The van der Waals surface area contributed by atoms with E-state index in [4.69, 9.17) is 4.99 Å². The molecule has 1 aromatic carbocycles. The summed E-state index contributed by atoms with van der Waals surface area (Å²) in [5.74, 6) is 0.907. The number of rotatable bonds is 10. The average Bonchev–Trinajstić information content (AvgIpc) is 2.80. The number of para-hydroxylation sites is 1. The number of aliphatic imine (C=N–C) groups is 1. The van der Waals surface area contributed by atoms with Gasteiger partial charge in [-0.15, -0.1) is 24.0 Å². The second-order valence-electron chi connectivity index (χ2n) is 7.63. The fourth-order valence-electron chi connectivity index (χ4n) is 3.70. The lowest BCUT2D eigenvalue weighted by atomic mass is 10.2. The van der Waals surface area contributed by atoms with Gasteiger partial charge in [-0.3, -0.25) is 14.9 Å². The summed E-state index contributed by atoms with van der Waals surface area (Å²) in [7, 11) is 0. The third kappa shape index (κ3) is 9.43. The van der Waals surface area contributed by atoms with Crippen molar-refractivity contribution in [2.24, 2.45) is 4.99 Å². The van der Waals surface area contributed by atoms with Crippen LogP contribution in [-0.2, 0) is 6.42 Å². The molecular weight excluding hydrogens is 499 g/mol. The van der Waals surface area contributed by atoms with Gasteiger partial charge in [-0.05, 0) is 50.6 Å². The Hall–Kier alpha value is -1.87. The zero-order valence-corrected chi connectivity index (χ0v) is 21.0. The summed E-state index contributed by atoms with van der Waals surface area (Å²) >= 11 is 0. The summed E-state index contributed by atoms with van der Waals surface area (Å²) in [6.07, 6.45) is 5.06. The molecule has 0 aliphatic carbocycles. The lowest BCUT2D eigenvalue weighted by Gasteiger charge is -2.36. The number of hydrogen-bond acceptors (Lipinski definition) is 4. The van der Waals surface area contributed by atoms with Crippen molar-refractivity contribution >= 4 is 35.6 Å². The molecular formula is C24H37IN6. The Kier molecular flexibility index (Phi) is 12.3. The van der Waals surface area contributed by atoms with E-state index in [1.165, 1.54) is 18.7 Å². The second kappa shape index (κ2) is 15.0. The Balaban J connectivity index is 0.00000341. The fourth-order valence-corrected chi connectivity index (χ4v) is 3.70. The van der Waals surface area contributed by atoms with E-state index in [-0.39, 0.29) is 24.0 Å². The molecule has 1 aliphatic heterocycles. The van der Waals surface area contributed by atoms with Crippen LogP contribution in [0, 0.1) is 0 Å². The second-order valence-corrected chi connectivity index (χ2v) is 7.63. The quantitative estimate of drug-likeness (QED) is 0.211. The molecule has 0 spiro atoms. The van der Waals surface area contributed by atoms with E-state index in [0.717, 1.165) is 70.3 Å². The number of hydrogen-bond donors (Lipinski definition) is 2. The minimum atomic E-state index is 0. The summed E-state index contributed by atoms with van der Waals surface area (Å²) < 4.78 is 0. The van der Waals surface area contributed by atoms with Gasteiger partial charge in [0.15, 0.2) is 5.96 Å². The molecule has 2 heterocycles. The van der Waals surface area contributed by atoms with Crippen LogP contribution in [0.15, 0.2) is 59.7 Å².